The molecule has 0 aromatic carbocycles. The first-order valence-electron chi connectivity index (χ1n) is 34.1. The first kappa shape index (κ1) is 73.3. The van der Waals surface area contributed by atoms with Crippen molar-refractivity contribution in [2.24, 2.45) is 0 Å². The Kier molecular flexibility index (Phi) is 63.4. The van der Waals surface area contributed by atoms with E-state index in [1.54, 1.807) is 6.08 Å². The number of nitrogens with one attached hydrogen (secondary N) is 1. The van der Waals surface area contributed by atoms with Crippen molar-refractivity contribution in [3.05, 3.63) is 24.3 Å². The number of amides is 1. The van der Waals surface area contributed by atoms with Gasteiger partial charge in [0.05, 0.1) is 25.4 Å². The maximum Gasteiger partial charge on any atom is 0.305 e. The monoisotopic (exact) mass is 1060 g/mol. The van der Waals surface area contributed by atoms with Gasteiger partial charge in [-0.2, -0.15) is 0 Å². The molecule has 0 bridgehead atoms. The fraction of sp³-hybridized carbons (Fsp3) is 0.913. The molecule has 0 heterocycles. The maximum atomic E-state index is 12.4. The second-order valence-electron chi connectivity index (χ2n) is 23.5. The van der Waals surface area contributed by atoms with Crippen molar-refractivity contribution in [3.63, 3.8) is 0 Å². The Morgan fingerprint density at radius 2 is 0.627 bits per heavy atom. The molecule has 0 saturated carbocycles. The maximum absolute atomic E-state index is 12.4. The van der Waals surface area contributed by atoms with Crippen molar-refractivity contribution in [3.8, 4) is 0 Å². The molecule has 1 amide bonds. The summed E-state index contributed by atoms with van der Waals surface area (Å²) in [4.78, 5) is 24.5. The fourth-order valence-corrected chi connectivity index (χ4v) is 10.7. The SMILES string of the molecule is CCCCCCCCCCC/C=C/C(O)C(CO)NC(=O)CCCCCCCCCCCCCCCCCC/C=C\CCCCCCCCCCCCCCOC(=O)CCCCCCCCCCCCCCCCC. The molecule has 0 aromatic rings. The van der Waals surface area contributed by atoms with Gasteiger partial charge in [0, 0.05) is 12.8 Å². The zero-order valence-corrected chi connectivity index (χ0v) is 50.8. The van der Waals surface area contributed by atoms with Gasteiger partial charge in [0.2, 0.25) is 5.91 Å². The standard InChI is InChI=1S/C69H133NO5/c1-3-5-7-9-11-13-15-16-35-39-43-47-51-55-59-63-69(74)75-64-60-56-52-48-44-40-37-34-32-30-28-26-24-22-20-18-17-19-21-23-25-27-29-31-33-36-38-42-46-50-54-58-62-68(73)70-66(65-71)67(72)61-57-53-49-45-41-14-12-10-8-6-4-2/h20,22,57,61,66-67,71-72H,3-19,21,23-56,58-60,62-65H2,1-2H3,(H,70,73)/b22-20-,61-57+. The van der Waals surface area contributed by atoms with Gasteiger partial charge in [0.25, 0.3) is 0 Å². The van der Waals surface area contributed by atoms with Gasteiger partial charge in [-0.25, -0.2) is 0 Å². The Balaban J connectivity index is 3.33. The first-order chi connectivity index (χ1) is 37.0. The van der Waals surface area contributed by atoms with Gasteiger partial charge in [-0.05, 0) is 57.8 Å². The van der Waals surface area contributed by atoms with E-state index in [1.165, 1.54) is 315 Å². The molecule has 2 unspecified atom stereocenters. The molecule has 444 valence electrons. The number of aliphatic hydroxyl groups excluding tert-OH is 2. The molecular formula is C69H133NO5. The average Bonchev–Trinajstić information content (AvgIpc) is 3.41. The number of unbranched alkanes of at least 4 members (excludes halogenated alkanes) is 51. The van der Waals surface area contributed by atoms with E-state index in [2.05, 4.69) is 31.3 Å². The predicted molar refractivity (Wildman–Crippen MR) is 329 cm³/mol. The Morgan fingerprint density at radius 1 is 0.360 bits per heavy atom. The van der Waals surface area contributed by atoms with Gasteiger partial charge in [0.1, 0.15) is 0 Å². The van der Waals surface area contributed by atoms with Crippen LogP contribution in [0.4, 0.5) is 0 Å². The molecule has 0 aliphatic carbocycles. The minimum atomic E-state index is -0.840. The Morgan fingerprint density at radius 3 is 0.947 bits per heavy atom. The fourth-order valence-electron chi connectivity index (χ4n) is 10.7. The number of ether oxygens (including phenoxy) is 1. The van der Waals surface area contributed by atoms with Crippen LogP contribution in [-0.2, 0) is 14.3 Å². The summed E-state index contributed by atoms with van der Waals surface area (Å²) >= 11 is 0. The van der Waals surface area contributed by atoms with Gasteiger partial charge in [-0.1, -0.05) is 334 Å². The summed E-state index contributed by atoms with van der Waals surface area (Å²) in [5.74, 6) is -0.0438. The summed E-state index contributed by atoms with van der Waals surface area (Å²) < 4.78 is 5.50. The van der Waals surface area contributed by atoms with Crippen molar-refractivity contribution in [1.29, 1.82) is 0 Å². The minimum Gasteiger partial charge on any atom is -0.466 e. The molecule has 6 nitrogen and oxygen atoms in total. The highest BCUT2D eigenvalue weighted by molar-refractivity contribution is 5.76. The summed E-state index contributed by atoms with van der Waals surface area (Å²) in [5.41, 5.74) is 0. The molecule has 6 heteroatoms. The van der Waals surface area contributed by atoms with Crippen LogP contribution in [0.3, 0.4) is 0 Å². The predicted octanol–water partition coefficient (Wildman–Crippen LogP) is 21.8. The molecule has 0 aliphatic heterocycles. The van der Waals surface area contributed by atoms with Crippen molar-refractivity contribution < 1.29 is 24.5 Å². The van der Waals surface area contributed by atoms with Crippen molar-refractivity contribution in [2.75, 3.05) is 13.2 Å². The molecule has 75 heavy (non-hydrogen) atoms. The van der Waals surface area contributed by atoms with Gasteiger partial charge >= 0.3 is 5.97 Å². The molecule has 0 fully saturated rings. The number of rotatable bonds is 64. The number of carbonyl (C=O) groups is 2. The zero-order chi connectivity index (χ0) is 54.3. The highest BCUT2D eigenvalue weighted by Gasteiger charge is 2.18. The van der Waals surface area contributed by atoms with Crippen molar-refractivity contribution in [2.45, 2.75) is 392 Å². The summed E-state index contributed by atoms with van der Waals surface area (Å²) in [6.45, 7) is 4.92. The number of esters is 1. The van der Waals surface area contributed by atoms with Crippen LogP contribution in [0.2, 0.25) is 0 Å². The molecule has 0 radical (unpaired) electrons. The van der Waals surface area contributed by atoms with E-state index in [0.29, 0.717) is 19.4 Å². The highest BCUT2D eigenvalue weighted by Crippen LogP contribution is 2.18. The Bertz CT molecular complexity index is 1170. The largest absolute Gasteiger partial charge is 0.466 e. The first-order valence-corrected chi connectivity index (χ1v) is 34.1. The van der Waals surface area contributed by atoms with E-state index in [9.17, 15) is 19.8 Å². The van der Waals surface area contributed by atoms with E-state index in [0.717, 1.165) is 38.5 Å². The molecule has 2 atom stereocenters. The zero-order valence-electron chi connectivity index (χ0n) is 50.8. The lowest BCUT2D eigenvalue weighted by molar-refractivity contribution is -0.143. The van der Waals surface area contributed by atoms with Crippen LogP contribution in [0.5, 0.6) is 0 Å². The molecule has 0 aromatic heterocycles. The molecule has 3 N–H and O–H groups in total. The molecule has 0 saturated heterocycles. The van der Waals surface area contributed by atoms with Crippen LogP contribution in [0.25, 0.3) is 0 Å². The van der Waals surface area contributed by atoms with Gasteiger partial charge in [-0.3, -0.25) is 9.59 Å². The number of aliphatic hydroxyl groups is 2. The third kappa shape index (κ3) is 61.4. The van der Waals surface area contributed by atoms with Crippen LogP contribution in [-0.4, -0.2) is 47.4 Å². The molecular weight excluding hydrogens is 923 g/mol. The van der Waals surface area contributed by atoms with Crippen LogP contribution < -0.4 is 5.32 Å². The Labute approximate surface area is 469 Å². The van der Waals surface area contributed by atoms with Crippen molar-refractivity contribution in [1.82, 2.24) is 5.32 Å². The van der Waals surface area contributed by atoms with Crippen molar-refractivity contribution >= 4 is 11.9 Å². The third-order valence-electron chi connectivity index (χ3n) is 16.0. The van der Waals surface area contributed by atoms with E-state index < -0.39 is 12.1 Å². The van der Waals surface area contributed by atoms with E-state index in [4.69, 9.17) is 4.74 Å². The summed E-state index contributed by atoms with van der Waals surface area (Å²) in [5, 5.41) is 23.0. The van der Waals surface area contributed by atoms with Gasteiger partial charge in [-0.15, -0.1) is 0 Å². The minimum absolute atomic E-state index is 0.0213. The van der Waals surface area contributed by atoms with Crippen LogP contribution in [0, 0.1) is 0 Å². The summed E-state index contributed by atoms with van der Waals surface area (Å²) in [6.07, 6.45) is 81.2. The van der Waals surface area contributed by atoms with E-state index in [1.807, 2.05) is 6.08 Å². The number of allylic oxidation sites excluding steroid dienone is 3. The summed E-state index contributed by atoms with van der Waals surface area (Å²) in [6, 6.07) is -0.624. The lowest BCUT2D eigenvalue weighted by Crippen LogP contribution is -2.45. The Hall–Kier alpha value is -1.66. The number of hydrogen-bond acceptors (Lipinski definition) is 5. The second kappa shape index (κ2) is 64.9. The van der Waals surface area contributed by atoms with Gasteiger partial charge < -0.3 is 20.3 Å². The third-order valence-corrected chi connectivity index (χ3v) is 16.0. The average molecular weight is 1060 g/mol. The summed E-state index contributed by atoms with van der Waals surface area (Å²) in [7, 11) is 0. The van der Waals surface area contributed by atoms with E-state index >= 15 is 0 Å². The van der Waals surface area contributed by atoms with Crippen LogP contribution >= 0.6 is 0 Å². The second-order valence-corrected chi connectivity index (χ2v) is 23.5. The number of carbonyl (C=O) groups excluding carboxylic acids is 2. The highest BCUT2D eigenvalue weighted by atomic mass is 16.5. The molecule has 0 spiro atoms. The quantitative estimate of drug-likeness (QED) is 0.0320. The lowest BCUT2D eigenvalue weighted by Gasteiger charge is -2.20. The topological polar surface area (TPSA) is 95.9 Å². The lowest BCUT2D eigenvalue weighted by atomic mass is 10.0. The van der Waals surface area contributed by atoms with E-state index in [-0.39, 0.29) is 18.5 Å². The normalized spacial score (nSPS) is 12.6. The molecule has 0 aliphatic rings. The smallest absolute Gasteiger partial charge is 0.305 e. The molecule has 0 rings (SSSR count). The van der Waals surface area contributed by atoms with Crippen LogP contribution in [0.15, 0.2) is 24.3 Å². The van der Waals surface area contributed by atoms with Crippen LogP contribution in [0.1, 0.15) is 380 Å². The number of hydrogen-bond donors (Lipinski definition) is 3. The van der Waals surface area contributed by atoms with Gasteiger partial charge in [0.15, 0.2) is 0 Å².